The summed E-state index contributed by atoms with van der Waals surface area (Å²) in [6, 6.07) is 10.7. The van der Waals surface area contributed by atoms with Gasteiger partial charge >= 0.3 is 6.03 Å². The Balaban J connectivity index is 2.06. The maximum absolute atomic E-state index is 13.6. The molecule has 0 heterocycles. The minimum absolute atomic E-state index is 0.0381. The van der Waals surface area contributed by atoms with Crippen molar-refractivity contribution in [1.29, 1.82) is 0 Å². The van der Waals surface area contributed by atoms with Crippen LogP contribution in [0.3, 0.4) is 0 Å². The summed E-state index contributed by atoms with van der Waals surface area (Å²) >= 11 is 0. The molecule has 0 atom stereocenters. The van der Waals surface area contributed by atoms with Crippen LogP contribution in [0.25, 0.3) is 0 Å². The van der Waals surface area contributed by atoms with E-state index in [4.69, 9.17) is 0 Å². The van der Waals surface area contributed by atoms with Gasteiger partial charge in [0.15, 0.2) is 0 Å². The lowest BCUT2D eigenvalue weighted by Gasteiger charge is -2.11. The van der Waals surface area contributed by atoms with Gasteiger partial charge in [-0.3, -0.25) is 4.72 Å². The van der Waals surface area contributed by atoms with Gasteiger partial charge in [-0.25, -0.2) is 17.6 Å². The van der Waals surface area contributed by atoms with E-state index in [2.05, 4.69) is 15.4 Å². The quantitative estimate of drug-likeness (QED) is 0.733. The van der Waals surface area contributed by atoms with Crippen LogP contribution in [0.4, 0.5) is 20.6 Å². The van der Waals surface area contributed by atoms with Crippen molar-refractivity contribution in [2.24, 2.45) is 5.92 Å². The van der Waals surface area contributed by atoms with E-state index >= 15 is 0 Å². The number of hydrogen-bond acceptors (Lipinski definition) is 3. The van der Waals surface area contributed by atoms with Gasteiger partial charge < -0.3 is 10.6 Å². The molecule has 0 fully saturated rings. The second-order valence-corrected chi connectivity index (χ2v) is 7.52. The Morgan fingerprint density at radius 3 is 2.32 bits per heavy atom. The number of sulfonamides is 1. The summed E-state index contributed by atoms with van der Waals surface area (Å²) in [5.41, 5.74) is 0.323. The minimum Gasteiger partial charge on any atom is -0.338 e. The lowest BCUT2D eigenvalue weighted by atomic mass is 10.2. The molecule has 2 aromatic carbocycles. The molecular formula is C17H20FN3O3S. The van der Waals surface area contributed by atoms with Crippen molar-refractivity contribution >= 4 is 27.4 Å². The average Bonchev–Trinajstić information content (AvgIpc) is 2.55. The largest absolute Gasteiger partial charge is 0.338 e. The molecule has 0 spiro atoms. The fourth-order valence-electron chi connectivity index (χ4n) is 1.94. The molecule has 0 aromatic heterocycles. The number of halogens is 1. The molecule has 0 bridgehead atoms. The zero-order chi connectivity index (χ0) is 18.4. The molecule has 0 saturated carbocycles. The zero-order valence-electron chi connectivity index (χ0n) is 13.9. The minimum atomic E-state index is -3.92. The van der Waals surface area contributed by atoms with Crippen molar-refractivity contribution in [3.8, 4) is 0 Å². The molecule has 0 unspecified atom stereocenters. The molecule has 0 saturated heterocycles. The van der Waals surface area contributed by atoms with E-state index in [9.17, 15) is 17.6 Å². The molecule has 3 N–H and O–H groups in total. The maximum Gasteiger partial charge on any atom is 0.319 e. The Morgan fingerprint density at radius 2 is 1.72 bits per heavy atom. The first kappa shape index (κ1) is 18.7. The van der Waals surface area contributed by atoms with Crippen molar-refractivity contribution in [3.05, 3.63) is 54.3 Å². The molecule has 8 heteroatoms. The van der Waals surface area contributed by atoms with Crippen LogP contribution in [0.1, 0.15) is 13.8 Å². The Bertz CT molecular complexity index is 836. The van der Waals surface area contributed by atoms with Crippen LogP contribution < -0.4 is 15.4 Å². The number of benzene rings is 2. The number of para-hydroxylation sites is 1. The third kappa shape index (κ3) is 5.46. The van der Waals surface area contributed by atoms with E-state index in [1.54, 1.807) is 0 Å². The van der Waals surface area contributed by atoms with E-state index in [1.807, 2.05) is 13.8 Å². The summed E-state index contributed by atoms with van der Waals surface area (Å²) in [4.78, 5) is 11.6. The number of anilines is 2. The second-order valence-electron chi connectivity index (χ2n) is 5.84. The highest BCUT2D eigenvalue weighted by Crippen LogP contribution is 2.20. The Labute approximate surface area is 146 Å². The van der Waals surface area contributed by atoms with E-state index < -0.39 is 15.8 Å². The smallest absolute Gasteiger partial charge is 0.319 e. The van der Waals surface area contributed by atoms with Crippen LogP contribution >= 0.6 is 0 Å². The summed E-state index contributed by atoms with van der Waals surface area (Å²) in [5, 5.41) is 5.30. The summed E-state index contributed by atoms with van der Waals surface area (Å²) in [5.74, 6) is -0.339. The predicted molar refractivity (Wildman–Crippen MR) is 95.5 cm³/mol. The Kier molecular flexibility index (Phi) is 5.97. The van der Waals surface area contributed by atoms with E-state index in [0.29, 0.717) is 18.2 Å². The van der Waals surface area contributed by atoms with Crippen LogP contribution in [0.5, 0.6) is 0 Å². The molecule has 0 aliphatic carbocycles. The number of rotatable bonds is 6. The van der Waals surface area contributed by atoms with Gasteiger partial charge in [0.2, 0.25) is 0 Å². The van der Waals surface area contributed by atoms with Crippen molar-refractivity contribution in [1.82, 2.24) is 5.32 Å². The molecular weight excluding hydrogens is 345 g/mol. The van der Waals surface area contributed by atoms with Crippen LogP contribution in [0.2, 0.25) is 0 Å². The van der Waals surface area contributed by atoms with Crippen molar-refractivity contribution in [2.75, 3.05) is 16.6 Å². The molecule has 25 heavy (non-hydrogen) atoms. The van der Waals surface area contributed by atoms with E-state index in [1.165, 1.54) is 48.5 Å². The number of hydrogen-bond donors (Lipinski definition) is 3. The van der Waals surface area contributed by atoms with Gasteiger partial charge in [-0.15, -0.1) is 0 Å². The number of carbonyl (C=O) groups is 1. The second kappa shape index (κ2) is 7.98. The zero-order valence-corrected chi connectivity index (χ0v) is 14.7. The van der Waals surface area contributed by atoms with Gasteiger partial charge in [0.05, 0.1) is 10.6 Å². The number of urea groups is 1. The first-order valence-corrected chi connectivity index (χ1v) is 9.18. The fraction of sp³-hybridized carbons (Fsp3) is 0.235. The summed E-state index contributed by atoms with van der Waals surface area (Å²) < 4.78 is 40.4. The molecule has 6 nitrogen and oxygen atoms in total. The number of amides is 2. The summed E-state index contributed by atoms with van der Waals surface area (Å²) in [7, 11) is -3.92. The predicted octanol–water partition coefficient (Wildman–Crippen LogP) is 3.40. The normalized spacial score (nSPS) is 11.2. The highest BCUT2D eigenvalue weighted by molar-refractivity contribution is 7.92. The molecule has 0 aliphatic heterocycles. The number of nitrogens with one attached hydrogen (secondary N) is 3. The Morgan fingerprint density at radius 1 is 1.08 bits per heavy atom. The molecule has 2 aromatic rings. The topological polar surface area (TPSA) is 87.3 Å². The van der Waals surface area contributed by atoms with Crippen LogP contribution in [-0.2, 0) is 10.0 Å². The third-order valence-electron chi connectivity index (χ3n) is 3.21. The van der Waals surface area contributed by atoms with Crippen LogP contribution in [-0.4, -0.2) is 21.0 Å². The van der Waals surface area contributed by atoms with Gasteiger partial charge in [0.25, 0.3) is 10.0 Å². The summed E-state index contributed by atoms with van der Waals surface area (Å²) in [6.45, 7) is 4.48. The highest BCUT2D eigenvalue weighted by atomic mass is 32.2. The summed E-state index contributed by atoms with van der Waals surface area (Å²) in [6.07, 6.45) is 0. The standard InChI is InChI=1S/C17H20FN3O3S/c1-12(2)11-19-17(22)20-13-7-9-14(10-8-13)25(23,24)21-16-6-4-3-5-15(16)18/h3-10,12,21H,11H2,1-2H3,(H2,19,20,22). The van der Waals surface area contributed by atoms with Gasteiger partial charge in [-0.1, -0.05) is 26.0 Å². The third-order valence-corrected chi connectivity index (χ3v) is 4.59. The lowest BCUT2D eigenvalue weighted by Crippen LogP contribution is -2.31. The van der Waals surface area contributed by atoms with Gasteiger partial charge in [-0.2, -0.15) is 0 Å². The Hall–Kier alpha value is -2.61. The highest BCUT2D eigenvalue weighted by Gasteiger charge is 2.16. The van der Waals surface area contributed by atoms with E-state index in [0.717, 1.165) is 0 Å². The molecule has 2 amide bonds. The number of carbonyl (C=O) groups excluding carboxylic acids is 1. The molecule has 0 radical (unpaired) electrons. The van der Waals surface area contributed by atoms with Gasteiger partial charge in [0.1, 0.15) is 5.82 Å². The van der Waals surface area contributed by atoms with Crippen molar-refractivity contribution in [2.45, 2.75) is 18.7 Å². The van der Waals surface area contributed by atoms with Gasteiger partial charge in [-0.05, 0) is 42.3 Å². The van der Waals surface area contributed by atoms with Crippen LogP contribution in [0, 0.1) is 11.7 Å². The lowest BCUT2D eigenvalue weighted by molar-refractivity contribution is 0.251. The van der Waals surface area contributed by atoms with Gasteiger partial charge in [0, 0.05) is 12.2 Å². The van der Waals surface area contributed by atoms with Crippen molar-refractivity contribution < 1.29 is 17.6 Å². The first-order valence-electron chi connectivity index (χ1n) is 7.70. The molecule has 134 valence electrons. The fourth-order valence-corrected chi connectivity index (χ4v) is 3.00. The molecule has 2 rings (SSSR count). The van der Waals surface area contributed by atoms with Crippen molar-refractivity contribution in [3.63, 3.8) is 0 Å². The maximum atomic E-state index is 13.6. The molecule has 0 aliphatic rings. The SMILES string of the molecule is CC(C)CNC(=O)Nc1ccc(S(=O)(=O)Nc2ccccc2F)cc1. The van der Waals surface area contributed by atoms with E-state index in [-0.39, 0.29) is 16.6 Å². The first-order chi connectivity index (χ1) is 11.8. The average molecular weight is 365 g/mol. The van der Waals surface area contributed by atoms with Crippen LogP contribution in [0.15, 0.2) is 53.4 Å². The monoisotopic (exact) mass is 365 g/mol.